The first kappa shape index (κ1) is 14.2. The van der Waals surface area contributed by atoms with Gasteiger partial charge in [0.2, 0.25) is 0 Å². The van der Waals surface area contributed by atoms with Crippen LogP contribution in [0.3, 0.4) is 0 Å². The molecular formula is C18H17N3O. The molecule has 1 aromatic carbocycles. The molecule has 0 aliphatic carbocycles. The highest BCUT2D eigenvalue weighted by Crippen LogP contribution is 2.23. The predicted octanol–water partition coefficient (Wildman–Crippen LogP) is 3.29. The third kappa shape index (κ3) is 3.30. The van der Waals surface area contributed by atoms with Crippen LogP contribution in [0.5, 0.6) is 0 Å². The van der Waals surface area contributed by atoms with E-state index in [9.17, 15) is 5.11 Å². The van der Waals surface area contributed by atoms with Gasteiger partial charge in [-0.05, 0) is 17.7 Å². The number of rotatable bonds is 5. The topological polar surface area (TPSA) is 58.0 Å². The highest BCUT2D eigenvalue weighted by Gasteiger charge is 2.10. The van der Waals surface area contributed by atoms with Crippen molar-refractivity contribution in [3.63, 3.8) is 0 Å². The third-order valence-corrected chi connectivity index (χ3v) is 3.46. The van der Waals surface area contributed by atoms with Crippen LogP contribution in [0.1, 0.15) is 11.6 Å². The summed E-state index contributed by atoms with van der Waals surface area (Å²) in [5.74, 6) is 0. The van der Waals surface area contributed by atoms with Crippen LogP contribution in [0.2, 0.25) is 0 Å². The van der Waals surface area contributed by atoms with E-state index in [0.29, 0.717) is 0 Å². The lowest BCUT2D eigenvalue weighted by molar-refractivity contribution is 0.276. The van der Waals surface area contributed by atoms with Gasteiger partial charge in [-0.15, -0.1) is 0 Å². The van der Waals surface area contributed by atoms with Crippen molar-refractivity contribution in [2.75, 3.05) is 11.9 Å². The van der Waals surface area contributed by atoms with Crippen molar-refractivity contribution < 1.29 is 5.11 Å². The zero-order chi connectivity index (χ0) is 15.2. The molecule has 2 N–H and O–H groups in total. The summed E-state index contributed by atoms with van der Waals surface area (Å²) in [4.78, 5) is 8.40. The van der Waals surface area contributed by atoms with E-state index in [0.717, 1.165) is 22.4 Å². The molecule has 0 fully saturated rings. The second-order valence-corrected chi connectivity index (χ2v) is 4.99. The molecule has 0 aliphatic heterocycles. The number of hydrogen-bond acceptors (Lipinski definition) is 4. The standard InChI is InChI=1S/C18H17N3O/c22-13-18(14-5-2-1-3-6-14)21-17-9-16(11-20-12-17)15-7-4-8-19-10-15/h1-12,18,21-22H,13H2. The van der Waals surface area contributed by atoms with Crippen LogP contribution in [0.15, 0.2) is 73.3 Å². The molecule has 3 rings (SSSR count). The number of hydrogen-bond donors (Lipinski definition) is 2. The fourth-order valence-electron chi connectivity index (χ4n) is 2.33. The van der Waals surface area contributed by atoms with Gasteiger partial charge in [-0.3, -0.25) is 9.97 Å². The minimum absolute atomic E-state index is 0.0150. The Kier molecular flexibility index (Phi) is 4.41. The van der Waals surface area contributed by atoms with E-state index in [1.165, 1.54) is 0 Å². The van der Waals surface area contributed by atoms with E-state index in [1.54, 1.807) is 18.6 Å². The highest BCUT2D eigenvalue weighted by molar-refractivity contribution is 5.65. The second kappa shape index (κ2) is 6.83. The Bertz CT molecular complexity index is 717. The lowest BCUT2D eigenvalue weighted by Crippen LogP contribution is -2.14. The maximum Gasteiger partial charge on any atom is 0.0745 e. The maximum atomic E-state index is 9.63. The number of benzene rings is 1. The molecule has 0 bridgehead atoms. The van der Waals surface area contributed by atoms with Crippen molar-refractivity contribution in [3.05, 3.63) is 78.9 Å². The molecule has 2 aromatic heterocycles. The van der Waals surface area contributed by atoms with Crippen molar-refractivity contribution in [2.45, 2.75) is 6.04 Å². The van der Waals surface area contributed by atoms with Crippen molar-refractivity contribution >= 4 is 5.69 Å². The molecule has 22 heavy (non-hydrogen) atoms. The molecule has 1 atom stereocenters. The average Bonchev–Trinajstić information content (AvgIpc) is 2.61. The van der Waals surface area contributed by atoms with E-state index in [-0.39, 0.29) is 12.6 Å². The summed E-state index contributed by atoms with van der Waals surface area (Å²) in [7, 11) is 0. The van der Waals surface area contributed by atoms with Crippen LogP contribution in [-0.2, 0) is 0 Å². The van der Waals surface area contributed by atoms with Crippen LogP contribution in [0, 0.1) is 0 Å². The molecule has 110 valence electrons. The molecule has 3 aromatic rings. The average molecular weight is 291 g/mol. The van der Waals surface area contributed by atoms with Crippen molar-refractivity contribution in [2.24, 2.45) is 0 Å². The van der Waals surface area contributed by atoms with E-state index in [4.69, 9.17) is 0 Å². The molecule has 0 aliphatic rings. The number of nitrogens with zero attached hydrogens (tertiary/aromatic N) is 2. The molecule has 1 unspecified atom stereocenters. The molecule has 2 heterocycles. The Balaban J connectivity index is 1.83. The Hall–Kier alpha value is -2.72. The van der Waals surface area contributed by atoms with Gasteiger partial charge in [0.1, 0.15) is 0 Å². The van der Waals surface area contributed by atoms with Crippen LogP contribution in [0.4, 0.5) is 5.69 Å². The first-order valence-electron chi connectivity index (χ1n) is 7.14. The number of nitrogens with one attached hydrogen (secondary N) is 1. The van der Waals surface area contributed by atoms with Gasteiger partial charge in [-0.1, -0.05) is 36.4 Å². The van der Waals surface area contributed by atoms with Crippen LogP contribution < -0.4 is 5.32 Å². The highest BCUT2D eigenvalue weighted by atomic mass is 16.3. The third-order valence-electron chi connectivity index (χ3n) is 3.46. The quantitative estimate of drug-likeness (QED) is 0.757. The summed E-state index contributed by atoms with van der Waals surface area (Å²) in [5, 5.41) is 13.0. The first-order chi connectivity index (χ1) is 10.9. The van der Waals surface area contributed by atoms with Gasteiger partial charge in [-0.25, -0.2) is 0 Å². The minimum Gasteiger partial charge on any atom is -0.394 e. The van der Waals surface area contributed by atoms with Crippen molar-refractivity contribution in [1.29, 1.82) is 0 Å². The zero-order valence-electron chi connectivity index (χ0n) is 12.1. The lowest BCUT2D eigenvalue weighted by atomic mass is 10.1. The van der Waals surface area contributed by atoms with Crippen LogP contribution >= 0.6 is 0 Å². The maximum absolute atomic E-state index is 9.63. The molecule has 0 radical (unpaired) electrons. The Labute approximate surface area is 129 Å². The van der Waals surface area contributed by atoms with Gasteiger partial charge in [0.25, 0.3) is 0 Å². The van der Waals surface area contributed by atoms with Gasteiger partial charge in [0.05, 0.1) is 18.3 Å². The van der Waals surface area contributed by atoms with E-state index >= 15 is 0 Å². The summed E-state index contributed by atoms with van der Waals surface area (Å²) in [5.41, 5.74) is 3.91. The second-order valence-electron chi connectivity index (χ2n) is 4.99. The molecule has 4 heteroatoms. The largest absolute Gasteiger partial charge is 0.394 e. The summed E-state index contributed by atoms with van der Waals surface area (Å²) < 4.78 is 0. The van der Waals surface area contributed by atoms with E-state index in [2.05, 4.69) is 15.3 Å². The smallest absolute Gasteiger partial charge is 0.0745 e. The first-order valence-corrected chi connectivity index (χ1v) is 7.14. The monoisotopic (exact) mass is 291 g/mol. The number of aliphatic hydroxyl groups excluding tert-OH is 1. The van der Waals surface area contributed by atoms with Crippen LogP contribution in [0.25, 0.3) is 11.1 Å². The number of anilines is 1. The molecular weight excluding hydrogens is 274 g/mol. The molecule has 0 amide bonds. The Morgan fingerprint density at radius 1 is 0.909 bits per heavy atom. The van der Waals surface area contributed by atoms with Crippen molar-refractivity contribution in [1.82, 2.24) is 9.97 Å². The molecule has 0 spiro atoms. The molecule has 0 saturated carbocycles. The number of aromatic nitrogens is 2. The minimum atomic E-state index is -0.160. The van der Waals surface area contributed by atoms with Gasteiger partial charge in [0.15, 0.2) is 0 Å². The molecule has 4 nitrogen and oxygen atoms in total. The number of pyridine rings is 2. The lowest BCUT2D eigenvalue weighted by Gasteiger charge is -2.18. The van der Waals surface area contributed by atoms with Gasteiger partial charge in [-0.2, -0.15) is 0 Å². The normalized spacial score (nSPS) is 11.9. The zero-order valence-corrected chi connectivity index (χ0v) is 12.1. The van der Waals surface area contributed by atoms with Gasteiger partial charge >= 0.3 is 0 Å². The van der Waals surface area contributed by atoms with Gasteiger partial charge < -0.3 is 10.4 Å². The van der Waals surface area contributed by atoms with Gasteiger partial charge in [0, 0.05) is 35.9 Å². The fourth-order valence-corrected chi connectivity index (χ4v) is 2.33. The summed E-state index contributed by atoms with van der Waals surface area (Å²) in [6.07, 6.45) is 7.11. The van der Waals surface area contributed by atoms with Crippen LogP contribution in [-0.4, -0.2) is 21.7 Å². The van der Waals surface area contributed by atoms with Crippen molar-refractivity contribution in [3.8, 4) is 11.1 Å². The fraction of sp³-hybridized carbons (Fsp3) is 0.111. The summed E-state index contributed by atoms with van der Waals surface area (Å²) in [6.45, 7) is 0.0150. The van der Waals surface area contributed by atoms with E-state index in [1.807, 2.05) is 54.7 Å². The summed E-state index contributed by atoms with van der Waals surface area (Å²) in [6, 6.07) is 15.6. The Morgan fingerprint density at radius 3 is 2.45 bits per heavy atom. The SMILES string of the molecule is OCC(Nc1cncc(-c2cccnc2)c1)c1ccccc1. The predicted molar refractivity (Wildman–Crippen MR) is 87.4 cm³/mol. The summed E-state index contributed by atoms with van der Waals surface area (Å²) >= 11 is 0. The number of aliphatic hydroxyl groups is 1. The van der Waals surface area contributed by atoms with E-state index < -0.39 is 0 Å². The Morgan fingerprint density at radius 2 is 1.73 bits per heavy atom. The molecule has 0 saturated heterocycles.